The minimum atomic E-state index is -3.34. The molecule has 7 heteroatoms. The molecule has 1 saturated heterocycles. The molecule has 0 aliphatic carbocycles. The fraction of sp³-hybridized carbons (Fsp3) is 0.727. The molecule has 1 aromatic heterocycles. The molecule has 2 rings (SSSR count). The minimum Gasteiger partial charge on any atom is -0.361 e. The van der Waals surface area contributed by atoms with E-state index in [-0.39, 0.29) is 17.8 Å². The predicted molar refractivity (Wildman–Crippen MR) is 67.2 cm³/mol. The quantitative estimate of drug-likeness (QED) is 0.872. The van der Waals surface area contributed by atoms with Crippen molar-refractivity contribution < 1.29 is 12.9 Å². The lowest BCUT2D eigenvalue weighted by Gasteiger charge is -2.35. The minimum absolute atomic E-state index is 0.0493. The third kappa shape index (κ3) is 2.90. The van der Waals surface area contributed by atoms with Crippen LogP contribution in [-0.4, -0.2) is 36.5 Å². The zero-order chi connectivity index (χ0) is 13.3. The SMILES string of the molecule is Cc1cc(CS(=O)(=O)N2CCC(N)CC2C)no1. The van der Waals surface area contributed by atoms with Crippen molar-refractivity contribution in [2.24, 2.45) is 5.73 Å². The second kappa shape index (κ2) is 4.99. The fourth-order valence-electron chi connectivity index (χ4n) is 2.36. The van der Waals surface area contributed by atoms with E-state index in [1.807, 2.05) is 6.92 Å². The molecule has 2 N–H and O–H groups in total. The maximum atomic E-state index is 12.3. The van der Waals surface area contributed by atoms with Crippen molar-refractivity contribution in [3.8, 4) is 0 Å². The van der Waals surface area contributed by atoms with Crippen molar-refractivity contribution in [1.29, 1.82) is 0 Å². The van der Waals surface area contributed by atoms with Crippen LogP contribution in [0.5, 0.6) is 0 Å². The van der Waals surface area contributed by atoms with Crippen molar-refractivity contribution in [2.45, 2.75) is 44.5 Å². The molecule has 0 spiro atoms. The highest BCUT2D eigenvalue weighted by Crippen LogP contribution is 2.22. The summed E-state index contributed by atoms with van der Waals surface area (Å²) in [6.45, 7) is 4.12. The lowest BCUT2D eigenvalue weighted by atomic mass is 10.0. The van der Waals surface area contributed by atoms with E-state index in [9.17, 15) is 8.42 Å². The number of hydrogen-bond donors (Lipinski definition) is 1. The normalized spacial score (nSPS) is 26.4. The van der Waals surface area contributed by atoms with E-state index in [0.717, 1.165) is 0 Å². The Morgan fingerprint density at radius 1 is 1.61 bits per heavy atom. The molecule has 2 heterocycles. The zero-order valence-corrected chi connectivity index (χ0v) is 11.5. The van der Waals surface area contributed by atoms with Gasteiger partial charge in [-0.15, -0.1) is 0 Å². The molecule has 0 amide bonds. The summed E-state index contributed by atoms with van der Waals surface area (Å²) >= 11 is 0. The van der Waals surface area contributed by atoms with Crippen LogP contribution < -0.4 is 5.73 Å². The maximum Gasteiger partial charge on any atom is 0.220 e. The number of rotatable bonds is 3. The van der Waals surface area contributed by atoms with Gasteiger partial charge in [0.05, 0.1) is 0 Å². The molecule has 0 aromatic carbocycles. The number of piperidine rings is 1. The Balaban J connectivity index is 2.11. The van der Waals surface area contributed by atoms with Crippen LogP contribution in [0.4, 0.5) is 0 Å². The van der Waals surface area contributed by atoms with Crippen molar-refractivity contribution >= 4 is 10.0 Å². The number of nitrogens with zero attached hydrogens (tertiary/aromatic N) is 2. The summed E-state index contributed by atoms with van der Waals surface area (Å²) in [5.74, 6) is 0.512. The van der Waals surface area contributed by atoms with Crippen LogP contribution in [0.1, 0.15) is 31.2 Å². The first kappa shape index (κ1) is 13.5. The van der Waals surface area contributed by atoms with Gasteiger partial charge in [0.2, 0.25) is 10.0 Å². The molecule has 0 saturated carbocycles. The van der Waals surface area contributed by atoms with Gasteiger partial charge in [0.1, 0.15) is 17.2 Å². The summed E-state index contributed by atoms with van der Waals surface area (Å²) in [5.41, 5.74) is 6.29. The van der Waals surface area contributed by atoms with E-state index in [0.29, 0.717) is 30.8 Å². The Labute approximate surface area is 107 Å². The summed E-state index contributed by atoms with van der Waals surface area (Å²) in [4.78, 5) is 0. The highest BCUT2D eigenvalue weighted by Gasteiger charge is 2.32. The van der Waals surface area contributed by atoms with Gasteiger partial charge in [-0.05, 0) is 26.7 Å². The van der Waals surface area contributed by atoms with Gasteiger partial charge in [-0.2, -0.15) is 4.31 Å². The summed E-state index contributed by atoms with van der Waals surface area (Å²) in [7, 11) is -3.34. The van der Waals surface area contributed by atoms with E-state index in [2.05, 4.69) is 5.16 Å². The van der Waals surface area contributed by atoms with Crippen molar-refractivity contribution in [3.63, 3.8) is 0 Å². The maximum absolute atomic E-state index is 12.3. The van der Waals surface area contributed by atoms with E-state index >= 15 is 0 Å². The molecule has 1 fully saturated rings. The molecule has 2 unspecified atom stereocenters. The molecule has 1 aromatic rings. The first-order valence-corrected chi connectivity index (χ1v) is 7.66. The molecule has 0 radical (unpaired) electrons. The summed E-state index contributed by atoms with van der Waals surface area (Å²) in [6, 6.07) is 1.70. The van der Waals surface area contributed by atoms with Crippen molar-refractivity contribution in [1.82, 2.24) is 9.46 Å². The number of aryl methyl sites for hydroxylation is 1. The second-order valence-corrected chi connectivity index (χ2v) is 6.85. The molecule has 1 aliphatic rings. The number of nitrogens with two attached hydrogens (primary N) is 1. The smallest absolute Gasteiger partial charge is 0.220 e. The Morgan fingerprint density at radius 2 is 2.33 bits per heavy atom. The monoisotopic (exact) mass is 273 g/mol. The first-order chi connectivity index (χ1) is 8.38. The number of hydrogen-bond acceptors (Lipinski definition) is 5. The molecule has 1 aliphatic heterocycles. The van der Waals surface area contributed by atoms with Crippen LogP contribution in [0.15, 0.2) is 10.6 Å². The van der Waals surface area contributed by atoms with Gasteiger partial charge >= 0.3 is 0 Å². The second-order valence-electron chi connectivity index (χ2n) is 4.93. The zero-order valence-electron chi connectivity index (χ0n) is 10.7. The Morgan fingerprint density at radius 3 is 2.89 bits per heavy atom. The van der Waals surface area contributed by atoms with Crippen LogP contribution in [-0.2, 0) is 15.8 Å². The van der Waals surface area contributed by atoms with Crippen molar-refractivity contribution in [2.75, 3.05) is 6.54 Å². The molecule has 6 nitrogen and oxygen atoms in total. The molecule has 0 bridgehead atoms. The van der Waals surface area contributed by atoms with Crippen LogP contribution in [0.25, 0.3) is 0 Å². The van der Waals surface area contributed by atoms with Crippen LogP contribution >= 0.6 is 0 Å². The topological polar surface area (TPSA) is 89.4 Å². The van der Waals surface area contributed by atoms with E-state index in [1.165, 1.54) is 4.31 Å². The molecular weight excluding hydrogens is 254 g/mol. The van der Waals surface area contributed by atoms with E-state index in [1.54, 1.807) is 13.0 Å². The van der Waals surface area contributed by atoms with Gasteiger partial charge in [-0.3, -0.25) is 0 Å². The summed E-state index contributed by atoms with van der Waals surface area (Å²) < 4.78 is 31.0. The average molecular weight is 273 g/mol. The van der Waals surface area contributed by atoms with Crippen LogP contribution in [0, 0.1) is 6.92 Å². The Bertz CT molecular complexity index is 511. The average Bonchev–Trinajstić information content (AvgIpc) is 2.62. The fourth-order valence-corrected chi connectivity index (χ4v) is 4.05. The van der Waals surface area contributed by atoms with E-state index < -0.39 is 10.0 Å². The summed E-state index contributed by atoms with van der Waals surface area (Å²) in [5, 5.41) is 3.73. The number of aromatic nitrogens is 1. The van der Waals surface area contributed by atoms with Gasteiger partial charge in [0.15, 0.2) is 0 Å². The largest absolute Gasteiger partial charge is 0.361 e. The Kier molecular flexibility index (Phi) is 3.74. The standard InChI is InChI=1S/C11H19N3O3S/c1-8-5-10(12)3-4-14(8)18(15,16)7-11-6-9(2)17-13-11/h6,8,10H,3-5,7,12H2,1-2H3. The lowest BCUT2D eigenvalue weighted by molar-refractivity contribution is 0.247. The van der Waals surface area contributed by atoms with E-state index in [4.69, 9.17) is 10.3 Å². The van der Waals surface area contributed by atoms with Gasteiger partial charge in [0, 0.05) is 24.7 Å². The van der Waals surface area contributed by atoms with Gasteiger partial charge in [-0.1, -0.05) is 5.16 Å². The highest BCUT2D eigenvalue weighted by atomic mass is 32.2. The number of sulfonamides is 1. The first-order valence-electron chi connectivity index (χ1n) is 6.06. The third-order valence-corrected chi connectivity index (χ3v) is 5.14. The molecular formula is C11H19N3O3S. The molecule has 102 valence electrons. The lowest BCUT2D eigenvalue weighted by Crippen LogP contribution is -2.48. The summed E-state index contributed by atoms with van der Waals surface area (Å²) in [6.07, 6.45) is 1.42. The van der Waals surface area contributed by atoms with Crippen LogP contribution in [0.3, 0.4) is 0 Å². The predicted octanol–water partition coefficient (Wildman–Crippen LogP) is 0.624. The van der Waals surface area contributed by atoms with Crippen molar-refractivity contribution in [3.05, 3.63) is 17.5 Å². The van der Waals surface area contributed by atoms with Gasteiger partial charge < -0.3 is 10.3 Å². The highest BCUT2D eigenvalue weighted by molar-refractivity contribution is 7.88. The van der Waals surface area contributed by atoms with Gasteiger partial charge in [0.25, 0.3) is 0 Å². The Hall–Kier alpha value is -0.920. The van der Waals surface area contributed by atoms with Crippen LogP contribution in [0.2, 0.25) is 0 Å². The van der Waals surface area contributed by atoms with Gasteiger partial charge in [-0.25, -0.2) is 8.42 Å². The third-order valence-electron chi connectivity index (χ3n) is 3.22. The molecule has 2 atom stereocenters. The molecule has 18 heavy (non-hydrogen) atoms.